The normalized spacial score (nSPS) is 18.0. The number of ether oxygens (including phenoxy) is 2. The van der Waals surface area contributed by atoms with E-state index in [-0.39, 0.29) is 11.6 Å². The van der Waals surface area contributed by atoms with Crippen molar-refractivity contribution in [1.82, 2.24) is 4.57 Å². The highest BCUT2D eigenvalue weighted by Gasteiger charge is 2.19. The van der Waals surface area contributed by atoms with Gasteiger partial charge in [0.25, 0.3) is 5.56 Å². The summed E-state index contributed by atoms with van der Waals surface area (Å²) in [7, 11) is 1.66. The minimum Gasteiger partial charge on any atom is -0.382 e. The highest BCUT2D eigenvalue weighted by atomic mass is 16.5. The van der Waals surface area contributed by atoms with E-state index in [9.17, 15) is 4.79 Å². The predicted molar refractivity (Wildman–Crippen MR) is 77.9 cm³/mol. The van der Waals surface area contributed by atoms with Crippen LogP contribution in [-0.4, -0.2) is 31.5 Å². The molecule has 0 aliphatic heterocycles. The molecule has 0 amide bonds. The number of fused-ring (bicyclic) bond motifs is 1. The van der Waals surface area contributed by atoms with Gasteiger partial charge in [0.05, 0.1) is 13.2 Å². The van der Waals surface area contributed by atoms with Gasteiger partial charge in [-0.3, -0.25) is 4.79 Å². The number of nitrogens with zero attached hydrogens (tertiary/aromatic N) is 1. The lowest BCUT2D eigenvalue weighted by Crippen LogP contribution is -2.29. The van der Waals surface area contributed by atoms with Crippen molar-refractivity contribution in [2.45, 2.75) is 38.3 Å². The molecule has 1 unspecified atom stereocenters. The van der Waals surface area contributed by atoms with Crippen molar-refractivity contribution in [3.63, 3.8) is 0 Å². The predicted octanol–water partition coefficient (Wildman–Crippen LogP) is 1.24. The smallest absolute Gasteiger partial charge is 0.250 e. The van der Waals surface area contributed by atoms with Crippen LogP contribution in [0.4, 0.5) is 0 Å². The minimum atomic E-state index is 0.0646. The molecule has 0 spiro atoms. The Morgan fingerprint density at radius 1 is 1.35 bits per heavy atom. The van der Waals surface area contributed by atoms with Crippen LogP contribution in [0.3, 0.4) is 0 Å². The third kappa shape index (κ3) is 3.69. The Labute approximate surface area is 119 Å². The van der Waals surface area contributed by atoms with Crippen LogP contribution in [0.1, 0.15) is 36.6 Å². The molecule has 1 heterocycles. The summed E-state index contributed by atoms with van der Waals surface area (Å²) in [5, 5.41) is 0. The maximum absolute atomic E-state index is 12.0. The molecule has 0 aromatic carbocycles. The molecule has 2 rings (SSSR count). The number of hydrogen-bond acceptors (Lipinski definition) is 4. The molecule has 0 bridgehead atoms. The van der Waals surface area contributed by atoms with Crippen LogP contribution in [0.2, 0.25) is 0 Å². The molecule has 0 fully saturated rings. The number of pyridine rings is 1. The number of rotatable bonds is 7. The van der Waals surface area contributed by atoms with Gasteiger partial charge in [-0.25, -0.2) is 0 Å². The maximum atomic E-state index is 12.0. The molecule has 5 nitrogen and oxygen atoms in total. The molecule has 1 aromatic heterocycles. The second kappa shape index (κ2) is 7.57. The van der Waals surface area contributed by atoms with E-state index in [1.54, 1.807) is 13.2 Å². The topological polar surface area (TPSA) is 66.5 Å². The SMILES string of the molecule is COCCOCCCn1c2c(ccc1=O)C(N)CCC2. The third-order valence-electron chi connectivity index (χ3n) is 3.76. The highest BCUT2D eigenvalue weighted by molar-refractivity contribution is 5.27. The van der Waals surface area contributed by atoms with Gasteiger partial charge in [0.1, 0.15) is 0 Å². The maximum Gasteiger partial charge on any atom is 0.250 e. The Kier molecular flexibility index (Phi) is 5.76. The first-order chi connectivity index (χ1) is 9.74. The van der Waals surface area contributed by atoms with E-state index in [1.165, 1.54) is 0 Å². The Morgan fingerprint density at radius 2 is 2.20 bits per heavy atom. The zero-order chi connectivity index (χ0) is 14.4. The molecule has 1 aliphatic carbocycles. The Morgan fingerprint density at radius 3 is 3.00 bits per heavy atom. The van der Waals surface area contributed by atoms with Gasteiger partial charge in [-0.1, -0.05) is 6.07 Å². The van der Waals surface area contributed by atoms with Crippen LogP contribution in [0, 0.1) is 0 Å². The van der Waals surface area contributed by atoms with E-state index >= 15 is 0 Å². The molecular weight excluding hydrogens is 256 g/mol. The molecule has 1 aliphatic rings. The van der Waals surface area contributed by atoms with Crippen molar-refractivity contribution in [3.8, 4) is 0 Å². The molecule has 0 radical (unpaired) electrons. The standard InChI is InChI=1S/C15H24N2O3/c1-19-10-11-20-9-3-8-17-14-5-2-4-13(16)12(14)6-7-15(17)18/h6-7,13H,2-5,8-11,16H2,1H3. The van der Waals surface area contributed by atoms with Gasteiger partial charge >= 0.3 is 0 Å². The quantitative estimate of drug-likeness (QED) is 0.763. The first-order valence-electron chi connectivity index (χ1n) is 7.29. The van der Waals surface area contributed by atoms with Crippen molar-refractivity contribution >= 4 is 0 Å². The molecule has 0 saturated heterocycles. The summed E-state index contributed by atoms with van der Waals surface area (Å²) >= 11 is 0. The Bertz CT molecular complexity index is 484. The summed E-state index contributed by atoms with van der Waals surface area (Å²) < 4.78 is 12.2. The molecular formula is C15H24N2O3. The van der Waals surface area contributed by atoms with Crippen LogP contribution in [0.5, 0.6) is 0 Å². The fourth-order valence-electron chi connectivity index (χ4n) is 2.71. The van der Waals surface area contributed by atoms with Gasteiger partial charge in [0.15, 0.2) is 0 Å². The average Bonchev–Trinajstić information content (AvgIpc) is 2.45. The monoisotopic (exact) mass is 280 g/mol. The third-order valence-corrected chi connectivity index (χ3v) is 3.76. The van der Waals surface area contributed by atoms with E-state index < -0.39 is 0 Å². The number of nitrogens with two attached hydrogens (primary N) is 1. The zero-order valence-electron chi connectivity index (χ0n) is 12.1. The van der Waals surface area contributed by atoms with Crippen LogP contribution in [0.25, 0.3) is 0 Å². The van der Waals surface area contributed by atoms with E-state index in [1.807, 2.05) is 10.6 Å². The fourth-order valence-corrected chi connectivity index (χ4v) is 2.71. The zero-order valence-corrected chi connectivity index (χ0v) is 12.1. The van der Waals surface area contributed by atoms with E-state index in [4.69, 9.17) is 15.2 Å². The highest BCUT2D eigenvalue weighted by Crippen LogP contribution is 2.26. The molecule has 0 saturated carbocycles. The van der Waals surface area contributed by atoms with Crippen molar-refractivity contribution in [3.05, 3.63) is 33.7 Å². The van der Waals surface area contributed by atoms with Crippen molar-refractivity contribution in [2.75, 3.05) is 26.9 Å². The van der Waals surface area contributed by atoms with E-state index in [2.05, 4.69) is 0 Å². The van der Waals surface area contributed by atoms with Crippen LogP contribution in [-0.2, 0) is 22.4 Å². The Balaban J connectivity index is 1.97. The summed E-state index contributed by atoms with van der Waals surface area (Å²) in [5.74, 6) is 0. The minimum absolute atomic E-state index is 0.0646. The summed E-state index contributed by atoms with van der Waals surface area (Å²) in [6.45, 7) is 2.55. The molecule has 1 aromatic rings. The van der Waals surface area contributed by atoms with Crippen molar-refractivity contribution < 1.29 is 9.47 Å². The molecule has 5 heteroatoms. The lowest BCUT2D eigenvalue weighted by molar-refractivity contribution is 0.0678. The van der Waals surface area contributed by atoms with Crippen molar-refractivity contribution in [2.24, 2.45) is 5.73 Å². The Hall–Kier alpha value is -1.17. The molecule has 112 valence electrons. The second-order valence-electron chi connectivity index (χ2n) is 5.18. The average molecular weight is 280 g/mol. The lowest BCUT2D eigenvalue weighted by Gasteiger charge is -2.25. The summed E-state index contributed by atoms with van der Waals surface area (Å²) in [6, 6.07) is 3.60. The lowest BCUT2D eigenvalue weighted by atomic mass is 9.91. The van der Waals surface area contributed by atoms with Crippen LogP contribution < -0.4 is 11.3 Å². The second-order valence-corrected chi connectivity index (χ2v) is 5.18. The van der Waals surface area contributed by atoms with Gasteiger partial charge in [0, 0.05) is 38.1 Å². The first kappa shape index (κ1) is 15.2. The van der Waals surface area contributed by atoms with Crippen LogP contribution >= 0.6 is 0 Å². The summed E-state index contributed by atoms with van der Waals surface area (Å²) in [6.07, 6.45) is 3.84. The van der Waals surface area contributed by atoms with Gasteiger partial charge in [-0.2, -0.15) is 0 Å². The van der Waals surface area contributed by atoms with Gasteiger partial charge in [-0.15, -0.1) is 0 Å². The number of hydrogen-bond donors (Lipinski definition) is 1. The first-order valence-corrected chi connectivity index (χ1v) is 7.29. The summed E-state index contributed by atoms with van der Waals surface area (Å²) in [5.41, 5.74) is 8.44. The molecule has 20 heavy (non-hydrogen) atoms. The largest absolute Gasteiger partial charge is 0.382 e. The van der Waals surface area contributed by atoms with Gasteiger partial charge < -0.3 is 19.8 Å². The van der Waals surface area contributed by atoms with E-state index in [0.717, 1.165) is 36.9 Å². The summed E-state index contributed by atoms with van der Waals surface area (Å²) in [4.78, 5) is 12.0. The van der Waals surface area contributed by atoms with Crippen molar-refractivity contribution in [1.29, 1.82) is 0 Å². The number of methoxy groups -OCH3 is 1. The molecule has 2 N–H and O–H groups in total. The van der Waals surface area contributed by atoms with E-state index in [0.29, 0.717) is 26.4 Å². The van der Waals surface area contributed by atoms with Crippen LogP contribution in [0.15, 0.2) is 16.9 Å². The number of aromatic nitrogens is 1. The fraction of sp³-hybridized carbons (Fsp3) is 0.667. The van der Waals surface area contributed by atoms with Gasteiger partial charge in [0.2, 0.25) is 0 Å². The van der Waals surface area contributed by atoms with Gasteiger partial charge in [-0.05, 0) is 31.2 Å². The molecule has 1 atom stereocenters.